The van der Waals surface area contributed by atoms with Crippen LogP contribution in [0, 0.1) is 11.6 Å². The summed E-state index contributed by atoms with van der Waals surface area (Å²) in [4.78, 5) is 12.8. The number of aromatic nitrogens is 3. The van der Waals surface area contributed by atoms with Crippen molar-refractivity contribution in [3.8, 4) is 28.6 Å². The molecule has 0 saturated heterocycles. The Morgan fingerprint density at radius 2 is 1.86 bits per heavy atom. The first-order valence-electron chi connectivity index (χ1n) is 10.8. The van der Waals surface area contributed by atoms with Crippen LogP contribution in [-0.2, 0) is 11.3 Å². The van der Waals surface area contributed by atoms with Gasteiger partial charge in [0.15, 0.2) is 22.5 Å². The zero-order valence-electron chi connectivity index (χ0n) is 18.6. The molecule has 1 aliphatic heterocycles. The first-order valence-corrected chi connectivity index (χ1v) is 11.7. The van der Waals surface area contributed by atoms with Gasteiger partial charge in [-0.3, -0.25) is 9.36 Å². The van der Waals surface area contributed by atoms with E-state index in [9.17, 15) is 13.6 Å². The van der Waals surface area contributed by atoms with Gasteiger partial charge >= 0.3 is 0 Å². The highest BCUT2D eigenvalue weighted by atomic mass is 32.2. The Morgan fingerprint density at radius 3 is 2.66 bits per heavy atom. The third kappa shape index (κ3) is 4.83. The number of nitrogens with one attached hydrogen (secondary N) is 1. The Morgan fingerprint density at radius 1 is 1.06 bits per heavy atom. The number of hydrogen-bond donors (Lipinski definition) is 1. The first-order chi connectivity index (χ1) is 17.0. The van der Waals surface area contributed by atoms with Crippen LogP contribution in [0.1, 0.15) is 12.5 Å². The Balaban J connectivity index is 1.37. The minimum absolute atomic E-state index is 0.0886. The van der Waals surface area contributed by atoms with E-state index in [1.807, 2.05) is 42.5 Å². The van der Waals surface area contributed by atoms with E-state index in [1.54, 1.807) is 13.0 Å². The lowest BCUT2D eigenvalue weighted by Crippen LogP contribution is -2.30. The van der Waals surface area contributed by atoms with E-state index in [1.165, 1.54) is 16.7 Å². The molecule has 178 valence electrons. The van der Waals surface area contributed by atoms with Gasteiger partial charge in [-0.05, 0) is 36.8 Å². The Labute approximate surface area is 204 Å². The SMILES string of the molecule is CC(Sc1nnc(-c2ccccc2)n1-c1ccc(F)cc1F)C(=O)NCc1ccc2c(c1)OCO2. The molecule has 0 bridgehead atoms. The average molecular weight is 495 g/mol. The van der Waals surface area contributed by atoms with Gasteiger partial charge in [-0.15, -0.1) is 10.2 Å². The number of amides is 1. The van der Waals surface area contributed by atoms with Crippen molar-refractivity contribution in [3.05, 3.63) is 83.9 Å². The van der Waals surface area contributed by atoms with Crippen molar-refractivity contribution < 1.29 is 23.0 Å². The third-order valence-electron chi connectivity index (χ3n) is 5.37. The van der Waals surface area contributed by atoms with Crippen LogP contribution in [0.4, 0.5) is 8.78 Å². The number of thioether (sulfide) groups is 1. The second-order valence-corrected chi connectivity index (χ2v) is 9.08. The largest absolute Gasteiger partial charge is 0.454 e. The Hall–Kier alpha value is -3.92. The summed E-state index contributed by atoms with van der Waals surface area (Å²) in [5, 5.41) is 11.1. The van der Waals surface area contributed by atoms with Gasteiger partial charge in [0.1, 0.15) is 11.6 Å². The molecule has 2 heterocycles. The van der Waals surface area contributed by atoms with Gasteiger partial charge in [0, 0.05) is 18.2 Å². The number of benzene rings is 3. The number of halogens is 2. The van der Waals surface area contributed by atoms with E-state index in [-0.39, 0.29) is 18.4 Å². The highest BCUT2D eigenvalue weighted by Gasteiger charge is 2.23. The summed E-state index contributed by atoms with van der Waals surface area (Å²) in [5.41, 5.74) is 1.66. The Bertz CT molecular complexity index is 1380. The van der Waals surface area contributed by atoms with Gasteiger partial charge in [0.2, 0.25) is 12.7 Å². The predicted molar refractivity (Wildman–Crippen MR) is 126 cm³/mol. The lowest BCUT2D eigenvalue weighted by molar-refractivity contribution is -0.120. The van der Waals surface area contributed by atoms with Gasteiger partial charge in [-0.2, -0.15) is 0 Å². The minimum atomic E-state index is -0.760. The van der Waals surface area contributed by atoms with E-state index in [0.29, 0.717) is 34.6 Å². The highest BCUT2D eigenvalue weighted by Crippen LogP contribution is 2.33. The lowest BCUT2D eigenvalue weighted by atomic mass is 10.2. The number of hydrogen-bond acceptors (Lipinski definition) is 6. The molecule has 0 radical (unpaired) electrons. The number of fused-ring (bicyclic) bond motifs is 1. The molecular weight excluding hydrogens is 474 g/mol. The molecule has 7 nitrogen and oxygen atoms in total. The average Bonchev–Trinajstić information content (AvgIpc) is 3.50. The summed E-state index contributed by atoms with van der Waals surface area (Å²) >= 11 is 1.13. The molecule has 1 amide bonds. The van der Waals surface area contributed by atoms with Gasteiger partial charge in [-0.1, -0.05) is 48.2 Å². The molecule has 3 aromatic carbocycles. The summed E-state index contributed by atoms with van der Waals surface area (Å²) in [5.74, 6) is 0.0112. The van der Waals surface area contributed by atoms with Crippen LogP contribution in [0.25, 0.3) is 17.1 Å². The van der Waals surface area contributed by atoms with E-state index in [0.717, 1.165) is 23.4 Å². The second kappa shape index (κ2) is 9.75. The Kier molecular flexibility index (Phi) is 6.37. The lowest BCUT2D eigenvalue weighted by Gasteiger charge is -2.14. The number of nitrogens with zero attached hydrogens (tertiary/aromatic N) is 3. The molecule has 0 spiro atoms. The minimum Gasteiger partial charge on any atom is -0.454 e. The van der Waals surface area contributed by atoms with Crippen molar-refractivity contribution in [3.63, 3.8) is 0 Å². The smallest absolute Gasteiger partial charge is 0.233 e. The molecule has 0 saturated carbocycles. The first kappa shape index (κ1) is 22.9. The van der Waals surface area contributed by atoms with Crippen LogP contribution in [0.3, 0.4) is 0 Å². The standard InChI is InChI=1S/C25H20F2N4O3S/c1-15(24(32)28-13-16-7-10-21-22(11-16)34-14-33-21)35-25-30-29-23(17-5-3-2-4-6-17)31(25)20-9-8-18(26)12-19(20)27/h2-12,15H,13-14H2,1H3,(H,28,32). The molecule has 1 aromatic heterocycles. The van der Waals surface area contributed by atoms with Gasteiger partial charge in [0.25, 0.3) is 0 Å². The number of ether oxygens (including phenoxy) is 2. The summed E-state index contributed by atoms with van der Waals surface area (Å²) in [6.45, 7) is 2.20. The van der Waals surface area contributed by atoms with Crippen LogP contribution < -0.4 is 14.8 Å². The van der Waals surface area contributed by atoms with E-state index < -0.39 is 16.9 Å². The topological polar surface area (TPSA) is 78.3 Å². The molecule has 1 unspecified atom stereocenters. The number of carbonyl (C=O) groups is 1. The molecular formula is C25H20F2N4O3S. The van der Waals surface area contributed by atoms with Crippen molar-refractivity contribution in [2.24, 2.45) is 0 Å². The van der Waals surface area contributed by atoms with Gasteiger partial charge < -0.3 is 14.8 Å². The summed E-state index contributed by atoms with van der Waals surface area (Å²) < 4.78 is 40.5. The number of rotatable bonds is 7. The summed E-state index contributed by atoms with van der Waals surface area (Å²) in [7, 11) is 0. The maximum Gasteiger partial charge on any atom is 0.233 e. The maximum absolute atomic E-state index is 14.8. The van der Waals surface area contributed by atoms with Crippen molar-refractivity contribution in [2.45, 2.75) is 23.9 Å². The van der Waals surface area contributed by atoms with E-state index >= 15 is 0 Å². The number of carbonyl (C=O) groups excluding carboxylic acids is 1. The molecule has 5 rings (SSSR count). The normalized spacial score (nSPS) is 13.0. The molecule has 1 aliphatic rings. The van der Waals surface area contributed by atoms with Gasteiger partial charge in [-0.25, -0.2) is 8.78 Å². The molecule has 0 fully saturated rings. The third-order valence-corrected chi connectivity index (χ3v) is 6.41. The maximum atomic E-state index is 14.8. The van der Waals surface area contributed by atoms with Crippen LogP contribution in [-0.4, -0.2) is 32.7 Å². The molecule has 35 heavy (non-hydrogen) atoms. The summed E-state index contributed by atoms with van der Waals surface area (Å²) in [6.07, 6.45) is 0. The molecule has 4 aromatic rings. The quantitative estimate of drug-likeness (QED) is 0.374. The molecule has 10 heteroatoms. The van der Waals surface area contributed by atoms with E-state index in [2.05, 4.69) is 15.5 Å². The second-order valence-electron chi connectivity index (χ2n) is 7.77. The fraction of sp³-hybridized carbons (Fsp3) is 0.160. The van der Waals surface area contributed by atoms with E-state index in [4.69, 9.17) is 9.47 Å². The zero-order valence-corrected chi connectivity index (χ0v) is 19.4. The van der Waals surface area contributed by atoms with Crippen molar-refractivity contribution >= 4 is 17.7 Å². The zero-order chi connectivity index (χ0) is 24.4. The van der Waals surface area contributed by atoms with Crippen molar-refractivity contribution in [1.82, 2.24) is 20.1 Å². The molecule has 1 N–H and O–H groups in total. The molecule has 1 atom stereocenters. The van der Waals surface area contributed by atoms with Crippen molar-refractivity contribution in [2.75, 3.05) is 6.79 Å². The van der Waals surface area contributed by atoms with Crippen LogP contribution in [0.2, 0.25) is 0 Å². The highest BCUT2D eigenvalue weighted by molar-refractivity contribution is 8.00. The predicted octanol–water partition coefficient (Wildman–Crippen LogP) is 4.74. The fourth-order valence-corrected chi connectivity index (χ4v) is 4.48. The fourth-order valence-electron chi connectivity index (χ4n) is 3.60. The molecule has 0 aliphatic carbocycles. The van der Waals surface area contributed by atoms with Crippen LogP contribution in [0.15, 0.2) is 71.9 Å². The van der Waals surface area contributed by atoms with Gasteiger partial charge in [0.05, 0.1) is 10.9 Å². The van der Waals surface area contributed by atoms with Crippen LogP contribution >= 0.6 is 11.8 Å². The summed E-state index contributed by atoms with van der Waals surface area (Å²) in [6, 6.07) is 17.9. The van der Waals surface area contributed by atoms with Crippen molar-refractivity contribution in [1.29, 1.82) is 0 Å². The van der Waals surface area contributed by atoms with Crippen LogP contribution in [0.5, 0.6) is 11.5 Å². The monoisotopic (exact) mass is 494 g/mol.